The Labute approximate surface area is 138 Å². The number of nitrogens with zero attached hydrogens (tertiary/aromatic N) is 1. The summed E-state index contributed by atoms with van der Waals surface area (Å²) in [5.41, 5.74) is 0.552. The molecule has 6 heteroatoms. The summed E-state index contributed by atoms with van der Waals surface area (Å²) in [6.45, 7) is 0. The van der Waals surface area contributed by atoms with E-state index in [2.05, 4.69) is 10.3 Å². The van der Waals surface area contributed by atoms with E-state index in [4.69, 9.17) is 0 Å². The van der Waals surface area contributed by atoms with Crippen molar-refractivity contribution in [3.8, 4) is 0 Å². The molecule has 1 aromatic carbocycles. The molecule has 1 aromatic heterocycles. The number of hydrogen-bond donors (Lipinski definition) is 2. The van der Waals surface area contributed by atoms with Gasteiger partial charge in [0.05, 0.1) is 17.0 Å². The molecule has 0 radical (unpaired) electrons. The zero-order valence-corrected chi connectivity index (χ0v) is 13.2. The van der Waals surface area contributed by atoms with Gasteiger partial charge in [0.25, 0.3) is 5.91 Å². The lowest BCUT2D eigenvalue weighted by molar-refractivity contribution is -0.142. The molecule has 1 aliphatic carbocycles. The molecule has 24 heavy (non-hydrogen) atoms. The van der Waals surface area contributed by atoms with Crippen LogP contribution in [-0.4, -0.2) is 28.0 Å². The molecular formula is C18H19FN2O3. The highest BCUT2D eigenvalue weighted by atomic mass is 19.1. The smallest absolute Gasteiger partial charge is 0.308 e. The van der Waals surface area contributed by atoms with E-state index in [0.717, 1.165) is 25.3 Å². The van der Waals surface area contributed by atoms with E-state index in [0.29, 0.717) is 23.7 Å². The van der Waals surface area contributed by atoms with Crippen molar-refractivity contribution < 1.29 is 19.1 Å². The number of hydrogen-bond acceptors (Lipinski definition) is 3. The fraction of sp³-hybridized carbons (Fsp3) is 0.389. The first kappa shape index (κ1) is 16.4. The van der Waals surface area contributed by atoms with Gasteiger partial charge in [-0.25, -0.2) is 4.39 Å². The average Bonchev–Trinajstić information content (AvgIpc) is 2.79. The summed E-state index contributed by atoms with van der Waals surface area (Å²) in [5, 5.41) is 12.7. The predicted octanol–water partition coefficient (Wildman–Crippen LogP) is 3.14. The molecule has 126 valence electrons. The summed E-state index contributed by atoms with van der Waals surface area (Å²) >= 11 is 0. The van der Waals surface area contributed by atoms with Crippen LogP contribution in [-0.2, 0) is 4.79 Å². The summed E-state index contributed by atoms with van der Waals surface area (Å²) in [6.07, 6.45) is 5.37. The van der Waals surface area contributed by atoms with E-state index in [1.807, 2.05) is 0 Å². The number of carbonyl (C=O) groups is 2. The van der Waals surface area contributed by atoms with Gasteiger partial charge >= 0.3 is 5.97 Å². The average molecular weight is 330 g/mol. The quantitative estimate of drug-likeness (QED) is 0.848. The third-order valence-corrected chi connectivity index (χ3v) is 4.56. The maximum Gasteiger partial charge on any atom is 0.308 e. The number of pyridine rings is 1. The molecule has 1 aliphatic rings. The molecular weight excluding hydrogens is 311 g/mol. The Morgan fingerprint density at radius 2 is 2.00 bits per heavy atom. The highest BCUT2D eigenvalue weighted by Gasteiger charge is 2.31. The van der Waals surface area contributed by atoms with Crippen molar-refractivity contribution in [1.29, 1.82) is 0 Å². The van der Waals surface area contributed by atoms with Crippen LogP contribution in [0.2, 0.25) is 0 Å². The van der Waals surface area contributed by atoms with Gasteiger partial charge in [0, 0.05) is 17.6 Å². The van der Waals surface area contributed by atoms with Crippen LogP contribution >= 0.6 is 0 Å². The van der Waals surface area contributed by atoms with Crippen molar-refractivity contribution in [3.63, 3.8) is 0 Å². The lowest BCUT2D eigenvalue weighted by atomic mass is 9.94. The van der Waals surface area contributed by atoms with Gasteiger partial charge in [-0.05, 0) is 31.0 Å². The number of nitrogens with one attached hydrogen (secondary N) is 1. The van der Waals surface area contributed by atoms with Crippen LogP contribution in [0.4, 0.5) is 4.39 Å². The van der Waals surface area contributed by atoms with Gasteiger partial charge in [-0.15, -0.1) is 0 Å². The second-order valence-corrected chi connectivity index (χ2v) is 6.19. The maximum absolute atomic E-state index is 13.8. The summed E-state index contributed by atoms with van der Waals surface area (Å²) in [4.78, 5) is 28.3. The Hall–Kier alpha value is -2.50. The topological polar surface area (TPSA) is 79.3 Å². The van der Waals surface area contributed by atoms with Crippen molar-refractivity contribution in [2.75, 3.05) is 0 Å². The second-order valence-electron chi connectivity index (χ2n) is 6.19. The Balaban J connectivity index is 1.90. The third kappa shape index (κ3) is 3.37. The van der Waals surface area contributed by atoms with Crippen molar-refractivity contribution in [1.82, 2.24) is 10.3 Å². The SMILES string of the molecule is O=C(N[C@H]1CCCCC[C@H]1C(=O)O)c1cc(F)cc2cccnc12. The minimum absolute atomic E-state index is 0.138. The van der Waals surface area contributed by atoms with Gasteiger partial charge in [0.2, 0.25) is 0 Å². The zero-order valence-electron chi connectivity index (χ0n) is 13.2. The molecule has 0 bridgehead atoms. The highest BCUT2D eigenvalue weighted by molar-refractivity contribution is 6.05. The molecule has 5 nitrogen and oxygen atoms in total. The van der Waals surface area contributed by atoms with Crippen molar-refractivity contribution in [2.24, 2.45) is 5.92 Å². The Bertz CT molecular complexity index is 778. The van der Waals surface area contributed by atoms with Gasteiger partial charge in [-0.1, -0.05) is 25.3 Å². The van der Waals surface area contributed by atoms with Crippen molar-refractivity contribution in [3.05, 3.63) is 41.8 Å². The standard InChI is InChI=1S/C18H19FN2O3/c19-12-9-11-5-4-8-20-16(11)14(10-12)17(22)21-15-7-3-1-2-6-13(15)18(23)24/h4-5,8-10,13,15H,1-3,6-7H2,(H,21,22)(H,23,24)/t13-,15+/m1/s1. The lowest BCUT2D eigenvalue weighted by Crippen LogP contribution is -2.43. The molecule has 0 saturated heterocycles. The van der Waals surface area contributed by atoms with E-state index in [9.17, 15) is 19.1 Å². The van der Waals surface area contributed by atoms with E-state index < -0.39 is 29.7 Å². The molecule has 1 saturated carbocycles. The molecule has 3 rings (SSSR count). The van der Waals surface area contributed by atoms with Crippen molar-refractivity contribution >= 4 is 22.8 Å². The van der Waals surface area contributed by atoms with E-state index >= 15 is 0 Å². The molecule has 2 N–H and O–H groups in total. The van der Waals surface area contributed by atoms with Gasteiger partial charge in [-0.3, -0.25) is 14.6 Å². The predicted molar refractivity (Wildman–Crippen MR) is 87.2 cm³/mol. The number of carbonyl (C=O) groups excluding carboxylic acids is 1. The van der Waals surface area contributed by atoms with Crippen LogP contribution in [0.5, 0.6) is 0 Å². The largest absolute Gasteiger partial charge is 0.481 e. The molecule has 0 aliphatic heterocycles. The highest BCUT2D eigenvalue weighted by Crippen LogP contribution is 2.25. The van der Waals surface area contributed by atoms with Gasteiger partial charge in [0.1, 0.15) is 5.82 Å². The number of aromatic nitrogens is 1. The first-order chi connectivity index (χ1) is 11.6. The maximum atomic E-state index is 13.8. The number of carboxylic acids is 1. The number of benzene rings is 1. The number of carboxylic acid groups (broad SMARTS) is 1. The monoisotopic (exact) mass is 330 g/mol. The van der Waals surface area contributed by atoms with Crippen LogP contribution in [0, 0.1) is 11.7 Å². The van der Waals surface area contributed by atoms with Gasteiger partial charge in [0.15, 0.2) is 0 Å². The fourth-order valence-electron chi connectivity index (χ4n) is 3.35. The Morgan fingerprint density at radius 1 is 1.21 bits per heavy atom. The lowest BCUT2D eigenvalue weighted by Gasteiger charge is -2.23. The van der Waals surface area contributed by atoms with E-state index in [-0.39, 0.29) is 5.56 Å². The zero-order chi connectivity index (χ0) is 17.1. The number of aliphatic carboxylic acids is 1. The molecule has 0 unspecified atom stereocenters. The first-order valence-electron chi connectivity index (χ1n) is 8.14. The Kier molecular flexibility index (Phi) is 4.74. The van der Waals surface area contributed by atoms with Gasteiger partial charge < -0.3 is 10.4 Å². The third-order valence-electron chi connectivity index (χ3n) is 4.56. The fourth-order valence-corrected chi connectivity index (χ4v) is 3.35. The Morgan fingerprint density at radius 3 is 2.79 bits per heavy atom. The number of halogens is 1. The molecule has 1 amide bonds. The van der Waals surface area contributed by atoms with E-state index in [1.54, 1.807) is 18.3 Å². The molecule has 0 spiro atoms. The van der Waals surface area contributed by atoms with Crippen LogP contribution in [0.1, 0.15) is 42.5 Å². The summed E-state index contributed by atoms with van der Waals surface area (Å²) < 4.78 is 13.8. The number of amides is 1. The first-order valence-corrected chi connectivity index (χ1v) is 8.14. The van der Waals surface area contributed by atoms with E-state index in [1.165, 1.54) is 6.07 Å². The molecule has 1 fully saturated rings. The summed E-state index contributed by atoms with van der Waals surface area (Å²) in [7, 11) is 0. The van der Waals surface area contributed by atoms with Crippen molar-refractivity contribution in [2.45, 2.75) is 38.1 Å². The molecule has 1 heterocycles. The number of rotatable bonds is 3. The van der Waals surface area contributed by atoms with Crippen LogP contribution in [0.3, 0.4) is 0 Å². The van der Waals surface area contributed by atoms with Crippen LogP contribution in [0.15, 0.2) is 30.5 Å². The van der Waals surface area contributed by atoms with Crippen LogP contribution in [0.25, 0.3) is 10.9 Å². The molecule has 2 aromatic rings. The number of fused-ring (bicyclic) bond motifs is 1. The van der Waals surface area contributed by atoms with Gasteiger partial charge in [-0.2, -0.15) is 0 Å². The second kappa shape index (κ2) is 6.95. The molecule has 2 atom stereocenters. The summed E-state index contributed by atoms with van der Waals surface area (Å²) in [6, 6.07) is 5.39. The summed E-state index contributed by atoms with van der Waals surface area (Å²) in [5.74, 6) is -2.50. The van der Waals surface area contributed by atoms with Crippen LogP contribution < -0.4 is 5.32 Å². The normalized spacial score (nSPS) is 21.2. The minimum Gasteiger partial charge on any atom is -0.481 e. The minimum atomic E-state index is -0.899.